The van der Waals surface area contributed by atoms with Crippen molar-refractivity contribution in [2.45, 2.75) is 46.1 Å². The maximum atomic E-state index is 13.2. The summed E-state index contributed by atoms with van der Waals surface area (Å²) in [7, 11) is 0. The van der Waals surface area contributed by atoms with Crippen LogP contribution in [0.15, 0.2) is 6.20 Å². The van der Waals surface area contributed by atoms with Crippen LogP contribution >= 0.6 is 0 Å². The summed E-state index contributed by atoms with van der Waals surface area (Å²) in [5, 5.41) is 0. The normalized spacial score (nSPS) is 11.4. The van der Waals surface area contributed by atoms with E-state index in [1.807, 2.05) is 13.1 Å². The molecule has 12 heavy (non-hydrogen) atoms. The first-order chi connectivity index (χ1) is 5.74. The molecule has 70 valence electrons. The first-order valence-electron chi connectivity index (χ1n) is 4.69. The highest BCUT2D eigenvalue weighted by atomic mass is 19.2. The van der Waals surface area contributed by atoms with Crippen LogP contribution in [0.1, 0.15) is 45.3 Å². The number of hydrogen-bond acceptors (Lipinski definition) is 0. The number of halogens is 1. The number of aryl methyl sites for hydroxylation is 1. The van der Waals surface area contributed by atoms with Crippen LogP contribution < -0.4 is 0 Å². The monoisotopic (exact) mass is 172 g/mol. The van der Waals surface area contributed by atoms with E-state index in [1.165, 1.54) is 0 Å². The summed E-state index contributed by atoms with van der Waals surface area (Å²) in [6.07, 6.45) is 4.65. The molecule has 0 saturated heterocycles. The fourth-order valence-electron chi connectivity index (χ4n) is 1.48. The lowest BCUT2D eigenvalue weighted by Crippen LogP contribution is -2.24. The molecular formula is C9H17FN2. The highest BCUT2D eigenvalue weighted by Crippen LogP contribution is 2.19. The van der Waals surface area contributed by atoms with Crippen molar-refractivity contribution in [2.75, 3.05) is 0 Å². The van der Waals surface area contributed by atoms with Crippen molar-refractivity contribution in [3.05, 3.63) is 11.9 Å². The number of nitrogens with zero attached hydrogens (tertiary/aromatic N) is 2. The molecule has 0 aromatic carbocycles. The topological polar surface area (TPSA) is 9.86 Å². The second-order valence-electron chi connectivity index (χ2n) is 3.08. The van der Waals surface area contributed by atoms with Crippen molar-refractivity contribution in [1.29, 1.82) is 0 Å². The molecule has 1 heterocycles. The molecular weight excluding hydrogens is 155 g/mol. The van der Waals surface area contributed by atoms with Crippen LogP contribution in [-0.4, -0.2) is 9.59 Å². The van der Waals surface area contributed by atoms with Gasteiger partial charge in [-0.2, -0.15) is 0 Å². The van der Waals surface area contributed by atoms with E-state index in [0.717, 1.165) is 29.9 Å². The van der Waals surface area contributed by atoms with Gasteiger partial charge in [-0.05, 0) is 19.3 Å². The van der Waals surface area contributed by atoms with Crippen LogP contribution in [0, 0.1) is 0 Å². The summed E-state index contributed by atoms with van der Waals surface area (Å²) in [4.78, 5) is 0.775. The second-order valence-corrected chi connectivity index (χ2v) is 3.08. The largest absolute Gasteiger partial charge is 0.260 e. The van der Waals surface area contributed by atoms with Gasteiger partial charge in [-0.25, -0.2) is 0 Å². The van der Waals surface area contributed by atoms with E-state index in [2.05, 4.69) is 13.8 Å². The van der Waals surface area contributed by atoms with Crippen molar-refractivity contribution in [3.63, 3.8) is 0 Å². The molecule has 2 nitrogen and oxygen atoms in total. The van der Waals surface area contributed by atoms with E-state index in [-0.39, 0.29) is 0 Å². The molecule has 0 amide bonds. The first kappa shape index (κ1) is 9.36. The maximum absolute atomic E-state index is 13.2. The van der Waals surface area contributed by atoms with Crippen molar-refractivity contribution < 1.29 is 4.48 Å². The molecule has 1 aromatic heterocycles. The Labute approximate surface area is 72.9 Å². The minimum atomic E-state index is 0.324. The minimum absolute atomic E-state index is 0.324. The third-order valence-electron chi connectivity index (χ3n) is 2.40. The molecule has 0 aliphatic rings. The number of rotatable bonds is 4. The van der Waals surface area contributed by atoms with Gasteiger partial charge in [0.2, 0.25) is 0 Å². The smallest absolute Gasteiger partial charge is 0.0882 e. The molecule has 1 aromatic rings. The lowest BCUT2D eigenvalue weighted by Gasteiger charge is -2.25. The van der Waals surface area contributed by atoms with Crippen LogP contribution in [0.3, 0.4) is 0 Å². The Morgan fingerprint density at radius 3 is 2.25 bits per heavy atom. The summed E-state index contributed by atoms with van der Waals surface area (Å²) in [6, 6.07) is 0.324. The predicted octanol–water partition coefficient (Wildman–Crippen LogP) is 2.95. The summed E-state index contributed by atoms with van der Waals surface area (Å²) in [6.45, 7) is 6.13. The van der Waals surface area contributed by atoms with Crippen molar-refractivity contribution in [2.24, 2.45) is 0 Å². The Balaban J connectivity index is 2.70. The van der Waals surface area contributed by atoms with E-state index >= 15 is 0 Å². The van der Waals surface area contributed by atoms with Gasteiger partial charge in [0.1, 0.15) is 0 Å². The van der Waals surface area contributed by atoms with Gasteiger partial charge in [0, 0.05) is 6.20 Å². The predicted molar refractivity (Wildman–Crippen MR) is 47.9 cm³/mol. The number of hydrogen-bond donors (Lipinski definition) is 0. The van der Waals surface area contributed by atoms with Gasteiger partial charge in [-0.15, -0.1) is 4.90 Å². The number of aromatic nitrogens is 2. The van der Waals surface area contributed by atoms with Gasteiger partial charge in [-0.3, -0.25) is 4.68 Å². The fourth-order valence-corrected chi connectivity index (χ4v) is 1.48. The quantitative estimate of drug-likeness (QED) is 0.660. The standard InChI is InChI=1S/C9H17FN2/c1-4-8(5-2)11-7-9(6-3)12(11)10/h7-8H,4-6H2,1-3H3. The molecule has 0 aliphatic heterocycles. The van der Waals surface area contributed by atoms with Crippen LogP contribution in [0.4, 0.5) is 4.48 Å². The molecule has 0 radical (unpaired) electrons. The SMILES string of the molecule is CCc1cn(C(CC)CC)n1F. The fraction of sp³-hybridized carbons (Fsp3) is 0.778. The zero-order valence-electron chi connectivity index (χ0n) is 8.05. The molecule has 0 atom stereocenters. The van der Waals surface area contributed by atoms with E-state index in [9.17, 15) is 4.48 Å². The third-order valence-corrected chi connectivity index (χ3v) is 2.40. The molecule has 0 unspecified atom stereocenters. The molecule has 0 saturated carbocycles. The van der Waals surface area contributed by atoms with Gasteiger partial charge >= 0.3 is 0 Å². The van der Waals surface area contributed by atoms with Crippen LogP contribution in [-0.2, 0) is 6.42 Å². The zero-order chi connectivity index (χ0) is 9.14. The Morgan fingerprint density at radius 2 is 1.92 bits per heavy atom. The molecule has 0 fully saturated rings. The van der Waals surface area contributed by atoms with Crippen molar-refractivity contribution in [1.82, 2.24) is 9.59 Å². The Morgan fingerprint density at radius 1 is 1.33 bits per heavy atom. The lowest BCUT2D eigenvalue weighted by atomic mass is 10.1. The lowest BCUT2D eigenvalue weighted by molar-refractivity contribution is 0.166. The van der Waals surface area contributed by atoms with Gasteiger partial charge in [-0.1, -0.05) is 25.3 Å². The van der Waals surface area contributed by atoms with Gasteiger partial charge in [0.15, 0.2) is 0 Å². The Bertz CT molecular complexity index is 233. The third kappa shape index (κ3) is 1.40. The van der Waals surface area contributed by atoms with Crippen molar-refractivity contribution in [3.8, 4) is 0 Å². The molecule has 0 spiro atoms. The van der Waals surface area contributed by atoms with Crippen LogP contribution in [0.25, 0.3) is 0 Å². The molecule has 0 bridgehead atoms. The van der Waals surface area contributed by atoms with E-state index in [4.69, 9.17) is 0 Å². The second kappa shape index (κ2) is 3.78. The Hall–Kier alpha value is -0.730. The highest BCUT2D eigenvalue weighted by Gasteiger charge is 2.14. The Kier molecular flexibility index (Phi) is 2.95. The maximum Gasteiger partial charge on any atom is 0.0882 e. The summed E-state index contributed by atoms with van der Waals surface area (Å²) in [5.74, 6) is 0. The summed E-state index contributed by atoms with van der Waals surface area (Å²) < 4.78 is 14.8. The molecule has 3 heteroatoms. The average molecular weight is 172 g/mol. The van der Waals surface area contributed by atoms with Gasteiger partial charge < -0.3 is 0 Å². The van der Waals surface area contributed by atoms with Crippen molar-refractivity contribution >= 4 is 0 Å². The highest BCUT2D eigenvalue weighted by molar-refractivity contribution is 4.99. The first-order valence-corrected chi connectivity index (χ1v) is 4.69. The van der Waals surface area contributed by atoms with Crippen LogP contribution in [0.2, 0.25) is 0 Å². The molecule has 0 aliphatic carbocycles. The van der Waals surface area contributed by atoms with Crippen LogP contribution in [0.5, 0.6) is 0 Å². The molecule has 0 N–H and O–H groups in total. The van der Waals surface area contributed by atoms with Gasteiger partial charge in [0.25, 0.3) is 0 Å². The summed E-state index contributed by atoms with van der Waals surface area (Å²) >= 11 is 0. The van der Waals surface area contributed by atoms with E-state index in [1.54, 1.807) is 4.68 Å². The van der Waals surface area contributed by atoms with E-state index in [0.29, 0.717) is 6.04 Å². The minimum Gasteiger partial charge on any atom is -0.260 e. The zero-order valence-corrected chi connectivity index (χ0v) is 8.05. The summed E-state index contributed by atoms with van der Waals surface area (Å²) in [5.41, 5.74) is 0.780. The molecule has 1 rings (SSSR count). The van der Waals surface area contributed by atoms with E-state index < -0.39 is 0 Å². The average Bonchev–Trinajstić information content (AvgIpc) is 2.10. The van der Waals surface area contributed by atoms with Gasteiger partial charge in [0.05, 0.1) is 11.7 Å².